The summed E-state index contributed by atoms with van der Waals surface area (Å²) in [5.74, 6) is -0.451. The fourth-order valence-corrected chi connectivity index (χ4v) is 4.27. The van der Waals surface area contributed by atoms with Crippen molar-refractivity contribution in [2.24, 2.45) is 0 Å². The third-order valence-corrected chi connectivity index (χ3v) is 6.33. The van der Waals surface area contributed by atoms with Crippen molar-refractivity contribution in [3.63, 3.8) is 0 Å². The largest absolute Gasteiger partial charge is 1.00 e. The molecule has 0 amide bonds. The minimum Gasteiger partial charge on any atom is -0.748 e. The van der Waals surface area contributed by atoms with Crippen LogP contribution in [-0.2, 0) is 10.1 Å². The SMILES string of the molecule is CCCCCCCCCCCCCCCCCCCCC(O)CCS(=O)(=O)[O-].[K+]. The van der Waals surface area contributed by atoms with Gasteiger partial charge in [0, 0.05) is 5.75 Å². The van der Waals surface area contributed by atoms with Gasteiger partial charge in [-0.2, -0.15) is 0 Å². The van der Waals surface area contributed by atoms with Crippen molar-refractivity contribution in [2.75, 3.05) is 5.75 Å². The topological polar surface area (TPSA) is 77.4 Å². The second-order valence-electron chi connectivity index (χ2n) is 8.50. The van der Waals surface area contributed by atoms with Crippen molar-refractivity contribution in [1.29, 1.82) is 0 Å². The number of unbranched alkanes of at least 4 members (excludes halogenated alkanes) is 17. The summed E-state index contributed by atoms with van der Waals surface area (Å²) in [4.78, 5) is 0. The minimum absolute atomic E-state index is 0. The summed E-state index contributed by atoms with van der Waals surface area (Å²) >= 11 is 0. The summed E-state index contributed by atoms with van der Waals surface area (Å²) in [6.07, 6.45) is 23.9. The zero-order chi connectivity index (χ0) is 20.9. The van der Waals surface area contributed by atoms with E-state index >= 15 is 0 Å². The van der Waals surface area contributed by atoms with E-state index in [1.165, 1.54) is 103 Å². The molecule has 4 nitrogen and oxygen atoms in total. The summed E-state index contributed by atoms with van der Waals surface area (Å²) in [6.45, 7) is 2.27. The van der Waals surface area contributed by atoms with Crippen molar-refractivity contribution >= 4 is 10.1 Å². The molecule has 0 aromatic rings. The van der Waals surface area contributed by atoms with Gasteiger partial charge < -0.3 is 9.66 Å². The molecule has 170 valence electrons. The van der Waals surface area contributed by atoms with E-state index < -0.39 is 22.0 Å². The molecule has 0 saturated heterocycles. The summed E-state index contributed by atoms with van der Waals surface area (Å²) in [6, 6.07) is 0. The molecule has 0 aromatic heterocycles. The van der Waals surface area contributed by atoms with Gasteiger partial charge in [0.2, 0.25) is 0 Å². The van der Waals surface area contributed by atoms with E-state index in [1.54, 1.807) is 0 Å². The quantitative estimate of drug-likeness (QED) is 0.152. The Hall–Kier alpha value is 1.51. The first-order valence-corrected chi connectivity index (χ1v) is 13.6. The minimum atomic E-state index is -4.19. The maximum atomic E-state index is 10.5. The molecule has 29 heavy (non-hydrogen) atoms. The summed E-state index contributed by atoms with van der Waals surface area (Å²) < 4.78 is 31.5. The third-order valence-electron chi connectivity index (χ3n) is 5.59. The molecule has 0 aliphatic heterocycles. The molecule has 0 spiro atoms. The Labute approximate surface area is 224 Å². The first-order chi connectivity index (χ1) is 13.5. The van der Waals surface area contributed by atoms with Crippen LogP contribution in [-0.4, -0.2) is 29.9 Å². The van der Waals surface area contributed by atoms with E-state index in [-0.39, 0.29) is 57.8 Å². The van der Waals surface area contributed by atoms with Crippen LogP contribution < -0.4 is 51.4 Å². The van der Waals surface area contributed by atoms with Crippen LogP contribution in [0, 0.1) is 0 Å². The maximum absolute atomic E-state index is 10.5. The first kappa shape index (κ1) is 32.7. The molecule has 6 heteroatoms. The zero-order valence-corrected chi connectivity index (χ0v) is 23.4. The second kappa shape index (κ2) is 24.2. The van der Waals surface area contributed by atoms with Crippen LogP contribution in [0.2, 0.25) is 0 Å². The molecule has 0 saturated carbocycles. The van der Waals surface area contributed by atoms with Gasteiger partial charge in [0.15, 0.2) is 0 Å². The summed E-state index contributed by atoms with van der Waals surface area (Å²) in [7, 11) is -4.19. The van der Waals surface area contributed by atoms with Gasteiger partial charge in [-0.3, -0.25) is 0 Å². The van der Waals surface area contributed by atoms with Crippen LogP contribution in [0.1, 0.15) is 135 Å². The van der Waals surface area contributed by atoms with Crippen LogP contribution in [0.25, 0.3) is 0 Å². The first-order valence-electron chi connectivity index (χ1n) is 12.1. The Balaban J connectivity index is 0. The normalized spacial score (nSPS) is 12.7. The monoisotopic (exact) mass is 458 g/mol. The van der Waals surface area contributed by atoms with Gasteiger partial charge in [0.05, 0.1) is 16.2 Å². The Kier molecular flexibility index (Phi) is 27.2. The zero-order valence-electron chi connectivity index (χ0n) is 19.5. The summed E-state index contributed by atoms with van der Waals surface area (Å²) in [5.41, 5.74) is 0. The molecule has 0 radical (unpaired) electrons. The van der Waals surface area contributed by atoms with Crippen LogP contribution in [0.5, 0.6) is 0 Å². The smallest absolute Gasteiger partial charge is 0.748 e. The molecule has 1 atom stereocenters. The van der Waals surface area contributed by atoms with Gasteiger partial charge in [-0.25, -0.2) is 8.42 Å². The van der Waals surface area contributed by atoms with E-state index in [9.17, 15) is 18.1 Å². The number of hydrogen-bond acceptors (Lipinski definition) is 4. The van der Waals surface area contributed by atoms with Gasteiger partial charge in [0.25, 0.3) is 0 Å². The molecule has 0 fully saturated rings. The van der Waals surface area contributed by atoms with Crippen molar-refractivity contribution in [2.45, 2.75) is 141 Å². The van der Waals surface area contributed by atoms with Crippen molar-refractivity contribution in [3.05, 3.63) is 0 Å². The van der Waals surface area contributed by atoms with Crippen LogP contribution in [0.4, 0.5) is 0 Å². The van der Waals surface area contributed by atoms with Gasteiger partial charge >= 0.3 is 51.4 Å². The molecule has 1 N–H and O–H groups in total. The van der Waals surface area contributed by atoms with Crippen LogP contribution in [0.15, 0.2) is 0 Å². The molecule has 1 unspecified atom stereocenters. The standard InChI is InChI=1S/C23H48O4S.K/c1-2-3-4-5-6-7-8-9-10-11-12-13-14-15-16-17-18-19-20-23(24)21-22-28(25,26)27;/h23-24H,2-22H2,1H3,(H,25,26,27);/q;+1/p-1. The molecule has 0 rings (SSSR count). The molecule has 0 heterocycles. The number of hydrogen-bond donors (Lipinski definition) is 1. The fourth-order valence-electron chi connectivity index (χ4n) is 3.71. The van der Waals surface area contributed by atoms with E-state index in [2.05, 4.69) is 6.92 Å². The van der Waals surface area contributed by atoms with Gasteiger partial charge in [-0.1, -0.05) is 122 Å². The van der Waals surface area contributed by atoms with E-state index in [1.807, 2.05) is 0 Å². The molecule has 0 aromatic carbocycles. The molecule has 0 aliphatic carbocycles. The second-order valence-corrected chi connectivity index (χ2v) is 10.0. The third kappa shape index (κ3) is 29.5. The number of aliphatic hydroxyl groups is 1. The van der Waals surface area contributed by atoms with Crippen molar-refractivity contribution in [3.8, 4) is 0 Å². The van der Waals surface area contributed by atoms with E-state index in [0.29, 0.717) is 6.42 Å². The maximum Gasteiger partial charge on any atom is 1.00 e. The predicted octanol–water partition coefficient (Wildman–Crippen LogP) is 3.72. The Bertz CT molecular complexity index is 415. The van der Waals surface area contributed by atoms with Gasteiger partial charge in [-0.05, 0) is 12.8 Å². The van der Waals surface area contributed by atoms with Crippen molar-refractivity contribution < 1.29 is 69.5 Å². The number of aliphatic hydroxyl groups excluding tert-OH is 1. The molecule has 0 bridgehead atoms. The Morgan fingerprint density at radius 1 is 0.621 bits per heavy atom. The number of rotatable bonds is 22. The average molecular weight is 459 g/mol. The van der Waals surface area contributed by atoms with Crippen LogP contribution >= 0.6 is 0 Å². The predicted molar refractivity (Wildman–Crippen MR) is 119 cm³/mol. The molecule has 0 aliphatic rings. The van der Waals surface area contributed by atoms with Gasteiger partial charge in [0.1, 0.15) is 0 Å². The van der Waals surface area contributed by atoms with Crippen LogP contribution in [0.3, 0.4) is 0 Å². The van der Waals surface area contributed by atoms with Gasteiger partial charge in [-0.15, -0.1) is 0 Å². The van der Waals surface area contributed by atoms with Crippen molar-refractivity contribution in [1.82, 2.24) is 0 Å². The fraction of sp³-hybridized carbons (Fsp3) is 1.00. The van der Waals surface area contributed by atoms with E-state index in [0.717, 1.165) is 12.8 Å². The molecular formula is C23H47KO4S. The Morgan fingerprint density at radius 3 is 1.24 bits per heavy atom. The molecular weight excluding hydrogens is 411 g/mol. The Morgan fingerprint density at radius 2 is 0.931 bits per heavy atom. The summed E-state index contributed by atoms with van der Waals surface area (Å²) in [5, 5.41) is 9.64. The van der Waals surface area contributed by atoms with E-state index in [4.69, 9.17) is 0 Å². The average Bonchev–Trinajstić information content (AvgIpc) is 2.65.